The van der Waals surface area contributed by atoms with Gasteiger partial charge in [0.15, 0.2) is 0 Å². The molecule has 0 aliphatic heterocycles. The quantitative estimate of drug-likeness (QED) is 0.686. The molecule has 0 spiro atoms. The third-order valence-corrected chi connectivity index (χ3v) is 2.43. The summed E-state index contributed by atoms with van der Waals surface area (Å²) in [5, 5.41) is 3.25. The summed E-state index contributed by atoms with van der Waals surface area (Å²) < 4.78 is 0. The Hall–Kier alpha value is -1.52. The Kier molecular flexibility index (Phi) is 3.02. The van der Waals surface area contributed by atoms with E-state index >= 15 is 0 Å². The van der Waals surface area contributed by atoms with Gasteiger partial charge >= 0.3 is 0 Å². The van der Waals surface area contributed by atoms with Crippen molar-refractivity contribution in [3.05, 3.63) is 6.07 Å². The first-order valence-electron chi connectivity index (χ1n) is 4.95. The van der Waals surface area contributed by atoms with E-state index in [-0.39, 0.29) is 17.4 Å². The van der Waals surface area contributed by atoms with Crippen molar-refractivity contribution < 1.29 is 0 Å². The Balaban J connectivity index is 2.81. The average molecular weight is 209 g/mol. The van der Waals surface area contributed by atoms with Crippen LogP contribution in [0.2, 0.25) is 0 Å². The van der Waals surface area contributed by atoms with E-state index in [0.717, 1.165) is 0 Å². The smallest absolute Gasteiger partial charge is 0.223 e. The highest BCUT2D eigenvalue weighted by Crippen LogP contribution is 2.22. The Morgan fingerprint density at radius 2 is 1.87 bits per heavy atom. The van der Waals surface area contributed by atoms with E-state index in [0.29, 0.717) is 11.6 Å². The van der Waals surface area contributed by atoms with Gasteiger partial charge in [0.25, 0.3) is 0 Å². The van der Waals surface area contributed by atoms with Crippen molar-refractivity contribution in [3.8, 4) is 0 Å². The van der Waals surface area contributed by atoms with Crippen LogP contribution < -0.4 is 16.8 Å². The molecule has 1 heterocycles. The summed E-state index contributed by atoms with van der Waals surface area (Å²) in [6, 6.07) is 1.95. The standard InChI is InChI=1S/C10H19N5/c1-6(10(2,3)4)13-8-5-7(11)14-9(12)15-8/h5-6H,1-4H3,(H5,11,12,13,14,15)/t6-/m1/s1. The summed E-state index contributed by atoms with van der Waals surface area (Å²) in [6.45, 7) is 8.55. The van der Waals surface area contributed by atoms with E-state index in [1.165, 1.54) is 0 Å². The number of nitrogen functional groups attached to an aromatic ring is 2. The summed E-state index contributed by atoms with van der Waals surface area (Å²) in [7, 11) is 0. The van der Waals surface area contributed by atoms with Crippen molar-refractivity contribution in [2.75, 3.05) is 16.8 Å². The molecule has 0 aliphatic carbocycles. The maximum Gasteiger partial charge on any atom is 0.223 e. The van der Waals surface area contributed by atoms with E-state index in [4.69, 9.17) is 11.5 Å². The number of anilines is 3. The number of aromatic nitrogens is 2. The summed E-state index contributed by atoms with van der Waals surface area (Å²) in [5.41, 5.74) is 11.2. The van der Waals surface area contributed by atoms with E-state index < -0.39 is 0 Å². The predicted molar refractivity (Wildman–Crippen MR) is 63.4 cm³/mol. The van der Waals surface area contributed by atoms with Crippen LogP contribution in [0, 0.1) is 5.41 Å². The van der Waals surface area contributed by atoms with Gasteiger partial charge in [-0.3, -0.25) is 0 Å². The molecule has 0 saturated carbocycles. The number of hydrogen-bond acceptors (Lipinski definition) is 5. The van der Waals surface area contributed by atoms with Crippen molar-refractivity contribution in [1.82, 2.24) is 9.97 Å². The molecule has 5 heteroatoms. The van der Waals surface area contributed by atoms with Gasteiger partial charge in [0.05, 0.1) is 0 Å². The first kappa shape index (κ1) is 11.6. The van der Waals surface area contributed by atoms with Crippen LogP contribution in [-0.4, -0.2) is 16.0 Å². The molecular weight excluding hydrogens is 190 g/mol. The van der Waals surface area contributed by atoms with Crippen molar-refractivity contribution in [3.63, 3.8) is 0 Å². The first-order valence-corrected chi connectivity index (χ1v) is 4.95. The molecule has 1 aromatic heterocycles. The van der Waals surface area contributed by atoms with Crippen molar-refractivity contribution in [2.24, 2.45) is 5.41 Å². The molecule has 1 aromatic rings. The van der Waals surface area contributed by atoms with Crippen LogP contribution >= 0.6 is 0 Å². The van der Waals surface area contributed by atoms with Crippen LogP contribution in [-0.2, 0) is 0 Å². The molecule has 0 saturated heterocycles. The average Bonchev–Trinajstić information content (AvgIpc) is 1.99. The summed E-state index contributed by atoms with van der Waals surface area (Å²) in [6.07, 6.45) is 0. The summed E-state index contributed by atoms with van der Waals surface area (Å²) in [4.78, 5) is 7.87. The minimum absolute atomic E-state index is 0.147. The van der Waals surface area contributed by atoms with Crippen LogP contribution in [0.5, 0.6) is 0 Å². The fourth-order valence-electron chi connectivity index (χ4n) is 0.998. The molecular formula is C10H19N5. The van der Waals surface area contributed by atoms with Gasteiger partial charge in [-0.05, 0) is 12.3 Å². The van der Waals surface area contributed by atoms with Crippen LogP contribution in [0.3, 0.4) is 0 Å². The van der Waals surface area contributed by atoms with Gasteiger partial charge in [0, 0.05) is 12.1 Å². The SMILES string of the molecule is C[C@@H](Nc1cc(N)nc(N)n1)C(C)(C)C. The molecule has 15 heavy (non-hydrogen) atoms. The number of hydrogen-bond donors (Lipinski definition) is 3. The lowest BCUT2D eigenvalue weighted by Crippen LogP contribution is -2.31. The molecule has 1 atom stereocenters. The van der Waals surface area contributed by atoms with Gasteiger partial charge in [-0.1, -0.05) is 20.8 Å². The second-order valence-electron chi connectivity index (χ2n) is 4.77. The van der Waals surface area contributed by atoms with Gasteiger partial charge in [-0.25, -0.2) is 0 Å². The molecule has 5 nitrogen and oxygen atoms in total. The maximum atomic E-state index is 5.57. The zero-order valence-corrected chi connectivity index (χ0v) is 9.70. The zero-order valence-electron chi connectivity index (χ0n) is 9.70. The fourth-order valence-corrected chi connectivity index (χ4v) is 0.998. The van der Waals surface area contributed by atoms with Gasteiger partial charge in [-0.15, -0.1) is 0 Å². The third kappa shape index (κ3) is 3.27. The maximum absolute atomic E-state index is 5.57. The summed E-state index contributed by atoms with van der Waals surface area (Å²) in [5.74, 6) is 1.24. The number of rotatable bonds is 2. The van der Waals surface area contributed by atoms with Crippen LogP contribution in [0.4, 0.5) is 17.6 Å². The van der Waals surface area contributed by atoms with Crippen molar-refractivity contribution in [2.45, 2.75) is 33.7 Å². The second kappa shape index (κ2) is 3.92. The minimum Gasteiger partial charge on any atom is -0.383 e. The Morgan fingerprint density at radius 3 is 2.33 bits per heavy atom. The highest BCUT2D eigenvalue weighted by molar-refractivity contribution is 5.48. The van der Waals surface area contributed by atoms with Gasteiger partial charge < -0.3 is 16.8 Å². The van der Waals surface area contributed by atoms with Crippen LogP contribution in [0.1, 0.15) is 27.7 Å². The normalized spacial score (nSPS) is 13.6. The van der Waals surface area contributed by atoms with Gasteiger partial charge in [0.1, 0.15) is 11.6 Å². The summed E-state index contributed by atoms with van der Waals surface area (Å²) >= 11 is 0. The Labute approximate surface area is 90.3 Å². The third-order valence-electron chi connectivity index (χ3n) is 2.43. The molecule has 0 radical (unpaired) electrons. The van der Waals surface area contributed by atoms with E-state index in [1.54, 1.807) is 6.07 Å². The van der Waals surface area contributed by atoms with Gasteiger partial charge in [0.2, 0.25) is 5.95 Å². The lowest BCUT2D eigenvalue weighted by Gasteiger charge is -2.28. The van der Waals surface area contributed by atoms with E-state index in [2.05, 4.69) is 43.0 Å². The predicted octanol–water partition coefficient (Wildman–Crippen LogP) is 1.49. The fraction of sp³-hybridized carbons (Fsp3) is 0.600. The molecule has 0 fully saturated rings. The second-order valence-corrected chi connectivity index (χ2v) is 4.77. The van der Waals surface area contributed by atoms with Crippen LogP contribution in [0.25, 0.3) is 0 Å². The molecule has 0 aromatic carbocycles. The zero-order chi connectivity index (χ0) is 11.6. The lowest BCUT2D eigenvalue weighted by molar-refractivity contribution is 0.359. The molecule has 0 unspecified atom stereocenters. The Morgan fingerprint density at radius 1 is 1.27 bits per heavy atom. The molecule has 84 valence electrons. The number of nitrogens with one attached hydrogen (secondary N) is 1. The molecule has 0 aliphatic rings. The van der Waals surface area contributed by atoms with Crippen molar-refractivity contribution in [1.29, 1.82) is 0 Å². The number of nitrogens with zero attached hydrogens (tertiary/aromatic N) is 2. The van der Waals surface area contributed by atoms with Crippen molar-refractivity contribution >= 4 is 17.6 Å². The molecule has 0 bridgehead atoms. The highest BCUT2D eigenvalue weighted by atomic mass is 15.1. The largest absolute Gasteiger partial charge is 0.383 e. The molecule has 5 N–H and O–H groups in total. The molecule has 0 amide bonds. The van der Waals surface area contributed by atoms with E-state index in [1.807, 2.05) is 0 Å². The molecule has 1 rings (SSSR count). The highest BCUT2D eigenvalue weighted by Gasteiger charge is 2.20. The monoisotopic (exact) mass is 209 g/mol. The Bertz CT molecular complexity index is 322. The van der Waals surface area contributed by atoms with E-state index in [9.17, 15) is 0 Å². The van der Waals surface area contributed by atoms with Crippen LogP contribution in [0.15, 0.2) is 6.07 Å². The first-order chi connectivity index (χ1) is 6.79. The minimum atomic E-state index is 0.147. The topological polar surface area (TPSA) is 89.8 Å². The number of nitrogens with two attached hydrogens (primary N) is 2. The van der Waals surface area contributed by atoms with Gasteiger partial charge in [-0.2, -0.15) is 9.97 Å². The lowest BCUT2D eigenvalue weighted by atomic mass is 9.88.